The fourth-order valence-electron chi connectivity index (χ4n) is 3.98. The standard InChI is InChI=1S/C24H21BrClN5/c25-18-3-1-17(2-4-18)15-20-7-9-28-24(29-20)31-13-11-30(12-14-31)23-8-10-27-22-16-19(26)5-6-21(22)23/h1-10,16H,11-15H2. The average molecular weight is 495 g/mol. The van der Waals surface area contributed by atoms with Crippen LogP contribution in [-0.2, 0) is 6.42 Å². The Morgan fingerprint density at radius 2 is 1.58 bits per heavy atom. The number of hydrogen-bond donors (Lipinski definition) is 0. The Morgan fingerprint density at radius 1 is 0.839 bits per heavy atom. The Morgan fingerprint density at radius 3 is 2.39 bits per heavy atom. The highest BCUT2D eigenvalue weighted by Gasteiger charge is 2.21. The molecule has 156 valence electrons. The molecule has 0 amide bonds. The van der Waals surface area contributed by atoms with Crippen LogP contribution in [0.25, 0.3) is 10.9 Å². The predicted molar refractivity (Wildman–Crippen MR) is 130 cm³/mol. The minimum Gasteiger partial charge on any atom is -0.367 e. The molecule has 5 rings (SSSR count). The lowest BCUT2D eigenvalue weighted by atomic mass is 10.1. The zero-order valence-electron chi connectivity index (χ0n) is 16.9. The zero-order chi connectivity index (χ0) is 21.2. The first-order valence-electron chi connectivity index (χ1n) is 10.3. The fourth-order valence-corrected chi connectivity index (χ4v) is 4.41. The van der Waals surface area contributed by atoms with E-state index < -0.39 is 0 Å². The highest BCUT2D eigenvalue weighted by atomic mass is 79.9. The molecular formula is C24H21BrClN5. The topological polar surface area (TPSA) is 45.2 Å². The molecule has 1 aliphatic heterocycles. The summed E-state index contributed by atoms with van der Waals surface area (Å²) in [6.45, 7) is 3.56. The van der Waals surface area contributed by atoms with E-state index in [9.17, 15) is 0 Å². The van der Waals surface area contributed by atoms with Crippen LogP contribution in [0.1, 0.15) is 11.3 Å². The molecule has 2 aromatic carbocycles. The van der Waals surface area contributed by atoms with E-state index in [2.05, 4.69) is 72.1 Å². The first kappa shape index (κ1) is 20.2. The normalized spacial score (nSPS) is 14.3. The molecule has 31 heavy (non-hydrogen) atoms. The van der Waals surface area contributed by atoms with Crippen molar-refractivity contribution in [3.63, 3.8) is 0 Å². The van der Waals surface area contributed by atoms with Crippen molar-refractivity contribution in [2.45, 2.75) is 6.42 Å². The molecule has 5 nitrogen and oxygen atoms in total. The first-order chi connectivity index (χ1) is 15.2. The summed E-state index contributed by atoms with van der Waals surface area (Å²) in [5.74, 6) is 0.806. The van der Waals surface area contributed by atoms with Crippen LogP contribution in [-0.4, -0.2) is 41.1 Å². The van der Waals surface area contributed by atoms with Crippen molar-refractivity contribution in [2.75, 3.05) is 36.0 Å². The van der Waals surface area contributed by atoms with Gasteiger partial charge in [0.2, 0.25) is 5.95 Å². The number of benzene rings is 2. The molecule has 0 saturated carbocycles. The lowest BCUT2D eigenvalue weighted by Gasteiger charge is -2.36. The Hall–Kier alpha value is -2.70. The van der Waals surface area contributed by atoms with Gasteiger partial charge in [0.1, 0.15) is 0 Å². The molecule has 0 unspecified atom stereocenters. The molecule has 2 aromatic heterocycles. The van der Waals surface area contributed by atoms with E-state index in [0.29, 0.717) is 5.02 Å². The van der Waals surface area contributed by atoms with Gasteiger partial charge in [-0.15, -0.1) is 0 Å². The van der Waals surface area contributed by atoms with E-state index in [0.717, 1.165) is 59.6 Å². The second-order valence-electron chi connectivity index (χ2n) is 7.62. The van der Waals surface area contributed by atoms with E-state index in [-0.39, 0.29) is 0 Å². The maximum atomic E-state index is 6.14. The summed E-state index contributed by atoms with van der Waals surface area (Å²) >= 11 is 9.63. The average Bonchev–Trinajstić information content (AvgIpc) is 2.80. The molecule has 3 heterocycles. The Balaban J connectivity index is 1.29. The van der Waals surface area contributed by atoms with Gasteiger partial charge in [-0.3, -0.25) is 4.98 Å². The molecule has 1 aliphatic rings. The molecular weight excluding hydrogens is 474 g/mol. The van der Waals surface area contributed by atoms with Gasteiger partial charge < -0.3 is 9.80 Å². The number of halogens is 2. The minimum absolute atomic E-state index is 0.710. The first-order valence-corrected chi connectivity index (χ1v) is 11.4. The van der Waals surface area contributed by atoms with E-state index in [4.69, 9.17) is 16.6 Å². The van der Waals surface area contributed by atoms with E-state index >= 15 is 0 Å². The quantitative estimate of drug-likeness (QED) is 0.382. The number of fused-ring (bicyclic) bond motifs is 1. The van der Waals surface area contributed by atoms with Crippen molar-refractivity contribution in [3.8, 4) is 0 Å². The van der Waals surface area contributed by atoms with Crippen LogP contribution >= 0.6 is 27.5 Å². The highest BCUT2D eigenvalue weighted by Crippen LogP contribution is 2.28. The second-order valence-corrected chi connectivity index (χ2v) is 8.97. The molecule has 0 bridgehead atoms. The summed E-state index contributed by atoms with van der Waals surface area (Å²) in [4.78, 5) is 18.5. The number of aromatic nitrogens is 3. The van der Waals surface area contributed by atoms with Crippen molar-refractivity contribution < 1.29 is 0 Å². The molecule has 0 atom stereocenters. The number of anilines is 2. The van der Waals surface area contributed by atoms with Crippen LogP contribution in [0.4, 0.5) is 11.6 Å². The van der Waals surface area contributed by atoms with Gasteiger partial charge in [-0.2, -0.15) is 0 Å². The van der Waals surface area contributed by atoms with Gasteiger partial charge in [0.25, 0.3) is 0 Å². The lowest BCUT2D eigenvalue weighted by Crippen LogP contribution is -2.47. The number of nitrogens with zero attached hydrogens (tertiary/aromatic N) is 5. The van der Waals surface area contributed by atoms with Crippen LogP contribution in [0.5, 0.6) is 0 Å². The number of pyridine rings is 1. The van der Waals surface area contributed by atoms with Crippen LogP contribution in [0.15, 0.2) is 71.5 Å². The summed E-state index contributed by atoms with van der Waals surface area (Å²) in [6, 6.07) is 18.4. The summed E-state index contributed by atoms with van der Waals surface area (Å²) in [7, 11) is 0. The fraction of sp³-hybridized carbons (Fsp3) is 0.208. The smallest absolute Gasteiger partial charge is 0.225 e. The monoisotopic (exact) mass is 493 g/mol. The van der Waals surface area contributed by atoms with Crippen molar-refractivity contribution in [2.24, 2.45) is 0 Å². The van der Waals surface area contributed by atoms with E-state index in [1.165, 1.54) is 11.3 Å². The maximum absolute atomic E-state index is 6.14. The van der Waals surface area contributed by atoms with Crippen LogP contribution in [0.3, 0.4) is 0 Å². The summed E-state index contributed by atoms with van der Waals surface area (Å²) in [5.41, 5.74) is 4.40. The van der Waals surface area contributed by atoms with Crippen molar-refractivity contribution in [1.82, 2.24) is 15.0 Å². The van der Waals surface area contributed by atoms with Crippen molar-refractivity contribution in [1.29, 1.82) is 0 Å². The predicted octanol–water partition coefficient (Wildman–Crippen LogP) is 5.36. The number of hydrogen-bond acceptors (Lipinski definition) is 5. The van der Waals surface area contributed by atoms with Gasteiger partial charge in [0.05, 0.1) is 11.2 Å². The second kappa shape index (κ2) is 8.81. The van der Waals surface area contributed by atoms with Crippen molar-refractivity contribution in [3.05, 3.63) is 87.7 Å². The largest absolute Gasteiger partial charge is 0.367 e. The molecule has 0 N–H and O–H groups in total. The highest BCUT2D eigenvalue weighted by molar-refractivity contribution is 9.10. The zero-order valence-corrected chi connectivity index (χ0v) is 19.2. The van der Waals surface area contributed by atoms with Crippen LogP contribution in [0.2, 0.25) is 5.02 Å². The molecule has 1 fully saturated rings. The summed E-state index contributed by atoms with van der Waals surface area (Å²) in [5, 5.41) is 1.84. The third-order valence-electron chi connectivity index (χ3n) is 5.58. The molecule has 0 radical (unpaired) electrons. The van der Waals surface area contributed by atoms with E-state index in [1.807, 2.05) is 30.6 Å². The Bertz CT molecular complexity index is 1210. The SMILES string of the molecule is Clc1ccc2c(N3CCN(c4nccc(Cc5ccc(Br)cc5)n4)CC3)ccnc2c1. The van der Waals surface area contributed by atoms with Gasteiger partial charge >= 0.3 is 0 Å². The van der Waals surface area contributed by atoms with Gasteiger partial charge in [0.15, 0.2) is 0 Å². The van der Waals surface area contributed by atoms with Gasteiger partial charge in [-0.1, -0.05) is 39.7 Å². The minimum atomic E-state index is 0.710. The third-order valence-corrected chi connectivity index (χ3v) is 6.35. The third kappa shape index (κ3) is 4.50. The van der Waals surface area contributed by atoms with Crippen molar-refractivity contribution >= 4 is 50.1 Å². The molecule has 7 heteroatoms. The number of rotatable bonds is 4. The molecule has 4 aromatic rings. The van der Waals surface area contributed by atoms with Gasteiger partial charge in [-0.05, 0) is 48.0 Å². The maximum Gasteiger partial charge on any atom is 0.225 e. The number of piperazine rings is 1. The summed E-state index contributed by atoms with van der Waals surface area (Å²) in [6.07, 6.45) is 4.52. The van der Waals surface area contributed by atoms with Gasteiger partial charge in [0, 0.05) is 65.6 Å². The molecule has 0 aliphatic carbocycles. The molecule has 1 saturated heterocycles. The lowest BCUT2D eigenvalue weighted by molar-refractivity contribution is 0.640. The Labute approximate surface area is 194 Å². The van der Waals surface area contributed by atoms with Crippen LogP contribution < -0.4 is 9.80 Å². The Kier molecular flexibility index (Phi) is 5.74. The van der Waals surface area contributed by atoms with Gasteiger partial charge in [-0.25, -0.2) is 9.97 Å². The van der Waals surface area contributed by atoms with Crippen LogP contribution in [0, 0.1) is 0 Å². The summed E-state index contributed by atoms with van der Waals surface area (Å²) < 4.78 is 1.09. The van der Waals surface area contributed by atoms with E-state index in [1.54, 1.807) is 0 Å². The molecule has 0 spiro atoms.